The zero-order chi connectivity index (χ0) is 19.0. The van der Waals surface area contributed by atoms with E-state index in [1.54, 1.807) is 54.6 Å². The maximum absolute atomic E-state index is 12.7. The molecule has 0 aliphatic carbocycles. The van der Waals surface area contributed by atoms with Gasteiger partial charge in [-0.15, -0.1) is 12.4 Å². The molecule has 1 amide bonds. The van der Waals surface area contributed by atoms with Crippen molar-refractivity contribution >= 4 is 28.2 Å². The first kappa shape index (κ1) is 23.1. The average Bonchev–Trinajstić information content (AvgIpc) is 2.65. The van der Waals surface area contributed by atoms with Crippen LogP contribution in [0.2, 0.25) is 0 Å². The van der Waals surface area contributed by atoms with Crippen LogP contribution >= 0.6 is 12.4 Å². The molecule has 0 aromatic heterocycles. The average molecular weight is 411 g/mol. The molecule has 148 valence electrons. The molecule has 2 aromatic rings. The van der Waals surface area contributed by atoms with Crippen LogP contribution in [0, 0.1) is 0 Å². The number of unbranched alkanes of at least 4 members (excludes halogenated alkanes) is 1. The van der Waals surface area contributed by atoms with Gasteiger partial charge in [-0.25, -0.2) is 8.42 Å². The Morgan fingerprint density at radius 1 is 1.07 bits per heavy atom. The van der Waals surface area contributed by atoms with Gasteiger partial charge in [-0.2, -0.15) is 0 Å². The molecule has 0 saturated heterocycles. The third kappa shape index (κ3) is 6.65. The fourth-order valence-electron chi connectivity index (χ4n) is 2.75. The minimum Gasteiger partial charge on any atom is -0.348 e. The van der Waals surface area contributed by atoms with Gasteiger partial charge in [0.15, 0.2) is 9.84 Å². The number of sulfone groups is 1. The largest absolute Gasteiger partial charge is 0.348 e. The standard InChI is InChI=1S/C20H26N2O3S.ClH/c1-2-3-10-17(14-21)22-20(23)19-13-8-7-9-16(19)15-26(24,25)18-11-5-4-6-12-18;/h4-9,11-13,17H,2-3,10,14-15,21H2,1H3,(H,22,23);1H. The highest BCUT2D eigenvalue weighted by Gasteiger charge is 2.20. The smallest absolute Gasteiger partial charge is 0.251 e. The third-order valence-corrected chi connectivity index (χ3v) is 5.92. The fourth-order valence-corrected chi connectivity index (χ4v) is 4.15. The number of nitrogens with one attached hydrogen (secondary N) is 1. The van der Waals surface area contributed by atoms with Crippen LogP contribution in [0.25, 0.3) is 0 Å². The predicted molar refractivity (Wildman–Crippen MR) is 111 cm³/mol. The van der Waals surface area contributed by atoms with Crippen LogP contribution in [-0.4, -0.2) is 26.9 Å². The topological polar surface area (TPSA) is 89.3 Å². The molecule has 2 rings (SSSR count). The van der Waals surface area contributed by atoms with Gasteiger partial charge in [0.1, 0.15) is 0 Å². The summed E-state index contributed by atoms with van der Waals surface area (Å²) in [7, 11) is -3.52. The minimum absolute atomic E-state index is 0. The maximum atomic E-state index is 12.7. The molecule has 1 unspecified atom stereocenters. The molecule has 0 fully saturated rings. The van der Waals surface area contributed by atoms with Crippen molar-refractivity contribution < 1.29 is 13.2 Å². The fraction of sp³-hybridized carbons (Fsp3) is 0.350. The molecule has 0 saturated carbocycles. The summed E-state index contributed by atoms with van der Waals surface area (Å²) in [4.78, 5) is 12.9. The van der Waals surface area contributed by atoms with Crippen LogP contribution < -0.4 is 11.1 Å². The summed E-state index contributed by atoms with van der Waals surface area (Å²) in [6.45, 7) is 2.44. The van der Waals surface area contributed by atoms with E-state index in [-0.39, 0.29) is 35.0 Å². The van der Waals surface area contributed by atoms with Crippen LogP contribution in [0.5, 0.6) is 0 Å². The van der Waals surface area contributed by atoms with Gasteiger partial charge in [-0.1, -0.05) is 56.2 Å². The Bertz CT molecular complexity index is 826. The minimum atomic E-state index is -3.52. The maximum Gasteiger partial charge on any atom is 0.251 e. The van der Waals surface area contributed by atoms with E-state index < -0.39 is 9.84 Å². The first-order valence-corrected chi connectivity index (χ1v) is 10.5. The zero-order valence-corrected chi connectivity index (χ0v) is 17.1. The summed E-state index contributed by atoms with van der Waals surface area (Å²) in [6.07, 6.45) is 2.81. The molecular weight excluding hydrogens is 384 g/mol. The summed E-state index contributed by atoms with van der Waals surface area (Å²) in [5.41, 5.74) is 6.61. The van der Waals surface area contributed by atoms with Crippen molar-refractivity contribution in [3.05, 3.63) is 65.7 Å². The molecule has 2 aromatic carbocycles. The normalized spacial score (nSPS) is 12.1. The van der Waals surface area contributed by atoms with E-state index in [2.05, 4.69) is 12.2 Å². The monoisotopic (exact) mass is 410 g/mol. The second-order valence-electron chi connectivity index (χ2n) is 6.28. The highest BCUT2D eigenvalue weighted by molar-refractivity contribution is 7.90. The van der Waals surface area contributed by atoms with Crippen molar-refractivity contribution in [2.75, 3.05) is 6.54 Å². The quantitative estimate of drug-likeness (QED) is 0.663. The molecule has 0 aliphatic rings. The van der Waals surface area contributed by atoms with Gasteiger partial charge in [0.2, 0.25) is 0 Å². The van der Waals surface area contributed by atoms with E-state index >= 15 is 0 Å². The molecular formula is C20H27ClN2O3S. The van der Waals surface area contributed by atoms with Gasteiger partial charge in [-0.05, 0) is 30.2 Å². The number of nitrogens with two attached hydrogens (primary N) is 1. The number of carbonyl (C=O) groups excluding carboxylic acids is 1. The molecule has 0 aliphatic heterocycles. The van der Waals surface area contributed by atoms with Gasteiger partial charge < -0.3 is 11.1 Å². The highest BCUT2D eigenvalue weighted by atomic mass is 35.5. The van der Waals surface area contributed by atoms with Crippen LogP contribution in [-0.2, 0) is 15.6 Å². The molecule has 0 bridgehead atoms. The molecule has 5 nitrogen and oxygen atoms in total. The van der Waals surface area contributed by atoms with E-state index in [4.69, 9.17) is 5.73 Å². The number of hydrogen-bond donors (Lipinski definition) is 2. The molecule has 3 N–H and O–H groups in total. The molecule has 0 heterocycles. The lowest BCUT2D eigenvalue weighted by molar-refractivity contribution is 0.0935. The van der Waals surface area contributed by atoms with E-state index in [9.17, 15) is 13.2 Å². The third-order valence-electron chi connectivity index (χ3n) is 4.24. The van der Waals surface area contributed by atoms with Crippen LogP contribution in [0.3, 0.4) is 0 Å². The molecule has 27 heavy (non-hydrogen) atoms. The van der Waals surface area contributed by atoms with E-state index in [0.29, 0.717) is 17.7 Å². The van der Waals surface area contributed by atoms with Crippen molar-refractivity contribution in [1.82, 2.24) is 5.32 Å². The van der Waals surface area contributed by atoms with Crippen molar-refractivity contribution in [1.29, 1.82) is 0 Å². The van der Waals surface area contributed by atoms with Crippen molar-refractivity contribution in [2.45, 2.75) is 42.9 Å². The van der Waals surface area contributed by atoms with Crippen molar-refractivity contribution in [3.8, 4) is 0 Å². The number of amides is 1. The first-order valence-electron chi connectivity index (χ1n) is 8.84. The summed E-state index contributed by atoms with van der Waals surface area (Å²) in [5.74, 6) is -0.501. The van der Waals surface area contributed by atoms with Gasteiger partial charge in [0, 0.05) is 18.2 Å². The zero-order valence-electron chi connectivity index (χ0n) is 15.4. The number of halogens is 1. The van der Waals surface area contributed by atoms with Gasteiger partial charge >= 0.3 is 0 Å². The molecule has 0 radical (unpaired) electrons. The van der Waals surface area contributed by atoms with Gasteiger partial charge in [-0.3, -0.25) is 4.79 Å². The van der Waals surface area contributed by atoms with E-state index in [1.807, 2.05) is 0 Å². The second kappa shape index (κ2) is 11.1. The van der Waals surface area contributed by atoms with E-state index in [0.717, 1.165) is 19.3 Å². The summed E-state index contributed by atoms with van der Waals surface area (Å²) in [5, 5.41) is 2.92. The number of rotatable bonds is 9. The second-order valence-corrected chi connectivity index (χ2v) is 8.27. The number of hydrogen-bond acceptors (Lipinski definition) is 4. The Labute approximate surface area is 167 Å². The predicted octanol–water partition coefficient (Wildman–Crippen LogP) is 3.33. The highest BCUT2D eigenvalue weighted by Crippen LogP contribution is 2.19. The Morgan fingerprint density at radius 2 is 1.70 bits per heavy atom. The summed E-state index contributed by atoms with van der Waals surface area (Å²) >= 11 is 0. The number of carbonyl (C=O) groups is 1. The Morgan fingerprint density at radius 3 is 2.33 bits per heavy atom. The van der Waals surface area contributed by atoms with Crippen LogP contribution in [0.1, 0.15) is 42.1 Å². The lowest BCUT2D eigenvalue weighted by Crippen LogP contribution is -2.40. The SMILES string of the molecule is CCCCC(CN)NC(=O)c1ccccc1CS(=O)(=O)c1ccccc1.Cl. The summed E-state index contributed by atoms with van der Waals surface area (Å²) in [6, 6.07) is 15.0. The van der Waals surface area contributed by atoms with Crippen molar-refractivity contribution in [3.63, 3.8) is 0 Å². The van der Waals surface area contributed by atoms with Crippen LogP contribution in [0.4, 0.5) is 0 Å². The number of benzene rings is 2. The lowest BCUT2D eigenvalue weighted by Gasteiger charge is -2.18. The Balaban J connectivity index is 0.00000364. The van der Waals surface area contributed by atoms with Crippen molar-refractivity contribution in [2.24, 2.45) is 5.73 Å². The van der Waals surface area contributed by atoms with Crippen LogP contribution in [0.15, 0.2) is 59.5 Å². The Kier molecular flexibility index (Phi) is 9.49. The molecule has 1 atom stereocenters. The lowest BCUT2D eigenvalue weighted by atomic mass is 10.1. The van der Waals surface area contributed by atoms with Gasteiger partial charge in [0.25, 0.3) is 5.91 Å². The van der Waals surface area contributed by atoms with E-state index in [1.165, 1.54) is 0 Å². The Hall–Kier alpha value is -1.89. The molecule has 7 heteroatoms. The molecule has 0 spiro atoms. The van der Waals surface area contributed by atoms with Gasteiger partial charge in [0.05, 0.1) is 10.6 Å². The summed E-state index contributed by atoms with van der Waals surface area (Å²) < 4.78 is 25.3. The first-order chi connectivity index (χ1) is 12.5.